The van der Waals surface area contributed by atoms with E-state index in [9.17, 15) is 9.59 Å². The first-order valence-corrected chi connectivity index (χ1v) is 9.96. The number of anilines is 2. The third kappa shape index (κ3) is 4.30. The monoisotopic (exact) mass is 417 g/mol. The highest BCUT2D eigenvalue weighted by Gasteiger charge is 2.13. The predicted molar refractivity (Wildman–Crippen MR) is 118 cm³/mol. The number of carbonyl (C=O) groups is 2. The van der Waals surface area contributed by atoms with Crippen LogP contribution in [0.4, 0.5) is 11.6 Å². The number of nitrogens with one attached hydrogen (secondary N) is 2. The third-order valence-electron chi connectivity index (χ3n) is 4.94. The molecule has 2 amide bonds. The van der Waals surface area contributed by atoms with Gasteiger partial charge in [-0.25, -0.2) is 4.98 Å². The average molecular weight is 417 g/mol. The zero-order valence-electron chi connectivity index (χ0n) is 17.6. The van der Waals surface area contributed by atoms with Crippen LogP contribution >= 0.6 is 0 Å². The topological polar surface area (TPSA) is 107 Å². The molecule has 9 nitrogen and oxygen atoms in total. The molecule has 0 saturated carbocycles. The average Bonchev–Trinajstić information content (AvgIpc) is 3.33. The number of amides is 2. The Bertz CT molecular complexity index is 1270. The molecule has 158 valence electrons. The summed E-state index contributed by atoms with van der Waals surface area (Å²) in [4.78, 5) is 28.5. The molecule has 0 saturated heterocycles. The summed E-state index contributed by atoms with van der Waals surface area (Å²) in [5.74, 6) is 0.743. The van der Waals surface area contributed by atoms with Crippen molar-refractivity contribution in [2.75, 3.05) is 10.6 Å². The Balaban J connectivity index is 1.46. The summed E-state index contributed by atoms with van der Waals surface area (Å²) in [6.07, 6.45) is 3.88. The molecule has 1 aromatic carbocycles. The SMILES string of the molecule is CCC(=O)Nc1ccc(-c2cnn(CC(=O)Nc3nn(C)c4ccccc34)c2)c(C)n1. The minimum Gasteiger partial charge on any atom is -0.311 e. The lowest BCUT2D eigenvalue weighted by Gasteiger charge is -2.07. The zero-order chi connectivity index (χ0) is 22.0. The van der Waals surface area contributed by atoms with E-state index in [4.69, 9.17) is 0 Å². The number of carbonyl (C=O) groups excluding carboxylic acids is 2. The fourth-order valence-corrected chi connectivity index (χ4v) is 3.38. The molecule has 0 atom stereocenters. The summed E-state index contributed by atoms with van der Waals surface area (Å²) >= 11 is 0. The molecule has 31 heavy (non-hydrogen) atoms. The maximum absolute atomic E-state index is 12.5. The molecule has 3 heterocycles. The molecule has 0 aliphatic rings. The van der Waals surface area contributed by atoms with Crippen LogP contribution in [0.25, 0.3) is 22.0 Å². The summed E-state index contributed by atoms with van der Waals surface area (Å²) in [5.41, 5.74) is 3.44. The second-order valence-electron chi connectivity index (χ2n) is 7.20. The van der Waals surface area contributed by atoms with Gasteiger partial charge in [0.15, 0.2) is 5.82 Å². The van der Waals surface area contributed by atoms with Gasteiger partial charge in [-0.1, -0.05) is 19.1 Å². The van der Waals surface area contributed by atoms with Gasteiger partial charge >= 0.3 is 0 Å². The van der Waals surface area contributed by atoms with Crippen LogP contribution in [0.5, 0.6) is 0 Å². The second kappa shape index (κ2) is 8.39. The van der Waals surface area contributed by atoms with Crippen LogP contribution in [0, 0.1) is 6.92 Å². The van der Waals surface area contributed by atoms with Crippen molar-refractivity contribution in [2.45, 2.75) is 26.8 Å². The lowest BCUT2D eigenvalue weighted by atomic mass is 10.1. The number of aromatic nitrogens is 5. The molecular weight excluding hydrogens is 394 g/mol. The molecule has 0 aliphatic heterocycles. The lowest BCUT2D eigenvalue weighted by molar-refractivity contribution is -0.117. The minimum atomic E-state index is -0.217. The first-order valence-electron chi connectivity index (χ1n) is 9.96. The number of nitrogens with zero attached hydrogens (tertiary/aromatic N) is 5. The molecule has 0 spiro atoms. The van der Waals surface area contributed by atoms with Crippen molar-refractivity contribution in [3.05, 3.63) is 54.5 Å². The van der Waals surface area contributed by atoms with Gasteiger partial charge in [0, 0.05) is 41.9 Å². The smallest absolute Gasteiger partial charge is 0.247 e. The number of benzene rings is 1. The van der Waals surface area contributed by atoms with E-state index in [0.717, 1.165) is 27.7 Å². The third-order valence-corrected chi connectivity index (χ3v) is 4.94. The van der Waals surface area contributed by atoms with Crippen molar-refractivity contribution in [1.82, 2.24) is 24.5 Å². The van der Waals surface area contributed by atoms with Gasteiger partial charge in [-0.05, 0) is 31.2 Å². The fourth-order valence-electron chi connectivity index (χ4n) is 3.38. The molecule has 3 aromatic heterocycles. The van der Waals surface area contributed by atoms with Crippen LogP contribution in [-0.4, -0.2) is 36.4 Å². The Morgan fingerprint density at radius 2 is 1.87 bits per heavy atom. The number of hydrogen-bond donors (Lipinski definition) is 2. The molecule has 4 aromatic rings. The maximum Gasteiger partial charge on any atom is 0.247 e. The predicted octanol–water partition coefficient (Wildman–Crippen LogP) is 3.13. The van der Waals surface area contributed by atoms with Crippen molar-refractivity contribution >= 4 is 34.4 Å². The molecular formula is C22H23N7O2. The number of rotatable bonds is 6. The Hall–Kier alpha value is -4.01. The molecule has 0 radical (unpaired) electrons. The summed E-state index contributed by atoms with van der Waals surface area (Å²) in [5, 5.41) is 15.2. The first kappa shape index (κ1) is 20.3. The van der Waals surface area contributed by atoms with Gasteiger partial charge in [-0.15, -0.1) is 0 Å². The molecule has 0 aliphatic carbocycles. The van der Waals surface area contributed by atoms with Crippen LogP contribution in [0.1, 0.15) is 19.0 Å². The summed E-state index contributed by atoms with van der Waals surface area (Å²) in [6.45, 7) is 3.71. The van der Waals surface area contributed by atoms with Gasteiger partial charge in [0.2, 0.25) is 11.8 Å². The lowest BCUT2D eigenvalue weighted by Crippen LogP contribution is -2.19. The number of pyridine rings is 1. The Labute approximate surface area is 179 Å². The summed E-state index contributed by atoms with van der Waals surface area (Å²) in [6, 6.07) is 11.4. The van der Waals surface area contributed by atoms with Gasteiger partial charge in [0.05, 0.1) is 11.7 Å². The summed E-state index contributed by atoms with van der Waals surface area (Å²) < 4.78 is 3.31. The number of hydrogen-bond acceptors (Lipinski definition) is 5. The number of fused-ring (bicyclic) bond motifs is 1. The van der Waals surface area contributed by atoms with Gasteiger partial charge in [0.1, 0.15) is 12.4 Å². The molecule has 9 heteroatoms. The van der Waals surface area contributed by atoms with Gasteiger partial charge < -0.3 is 10.6 Å². The Morgan fingerprint density at radius 1 is 1.06 bits per heavy atom. The number of para-hydroxylation sites is 1. The minimum absolute atomic E-state index is 0.0576. The van der Waals surface area contributed by atoms with Crippen molar-refractivity contribution in [2.24, 2.45) is 7.05 Å². The molecule has 0 bridgehead atoms. The first-order chi connectivity index (χ1) is 14.9. The van der Waals surface area contributed by atoms with Crippen molar-refractivity contribution in [3.8, 4) is 11.1 Å². The second-order valence-corrected chi connectivity index (χ2v) is 7.20. The highest BCUT2D eigenvalue weighted by molar-refractivity contribution is 5.99. The standard InChI is InChI=1S/C22H23N7O2/c1-4-20(30)25-19-10-9-16(14(2)24-19)15-11-23-29(12-15)13-21(31)26-22-17-7-5-6-8-18(17)28(3)27-22/h5-12H,4,13H2,1-3H3,(H,24,25,30)(H,26,27,31). The van der Waals surface area contributed by atoms with E-state index in [1.165, 1.54) is 0 Å². The number of aryl methyl sites for hydroxylation is 2. The van der Waals surface area contributed by atoms with Crippen LogP contribution in [0.3, 0.4) is 0 Å². The quantitative estimate of drug-likeness (QED) is 0.501. The van der Waals surface area contributed by atoms with Crippen LogP contribution in [0.15, 0.2) is 48.8 Å². The Morgan fingerprint density at radius 3 is 2.65 bits per heavy atom. The van der Waals surface area contributed by atoms with Crippen molar-refractivity contribution in [3.63, 3.8) is 0 Å². The van der Waals surface area contributed by atoms with Crippen molar-refractivity contribution < 1.29 is 9.59 Å². The highest BCUT2D eigenvalue weighted by Crippen LogP contribution is 2.24. The van der Waals surface area contributed by atoms with E-state index in [1.54, 1.807) is 34.7 Å². The Kier molecular flexibility index (Phi) is 5.48. The van der Waals surface area contributed by atoms with E-state index in [-0.39, 0.29) is 18.4 Å². The normalized spacial score (nSPS) is 10.9. The van der Waals surface area contributed by atoms with E-state index >= 15 is 0 Å². The maximum atomic E-state index is 12.5. The molecule has 4 rings (SSSR count). The van der Waals surface area contributed by atoms with Crippen LogP contribution in [0.2, 0.25) is 0 Å². The van der Waals surface area contributed by atoms with Gasteiger partial charge in [-0.2, -0.15) is 10.2 Å². The van der Waals surface area contributed by atoms with Crippen LogP contribution < -0.4 is 10.6 Å². The van der Waals surface area contributed by atoms with E-state index in [0.29, 0.717) is 18.1 Å². The summed E-state index contributed by atoms with van der Waals surface area (Å²) in [7, 11) is 1.84. The largest absolute Gasteiger partial charge is 0.311 e. The van der Waals surface area contributed by atoms with E-state index < -0.39 is 0 Å². The zero-order valence-corrected chi connectivity index (χ0v) is 17.6. The van der Waals surface area contributed by atoms with Crippen molar-refractivity contribution in [1.29, 1.82) is 0 Å². The van der Waals surface area contributed by atoms with E-state index in [1.807, 2.05) is 44.3 Å². The van der Waals surface area contributed by atoms with Gasteiger partial charge in [-0.3, -0.25) is 19.0 Å². The highest BCUT2D eigenvalue weighted by atomic mass is 16.2. The van der Waals surface area contributed by atoms with Gasteiger partial charge in [0.25, 0.3) is 0 Å². The molecule has 2 N–H and O–H groups in total. The van der Waals surface area contributed by atoms with E-state index in [2.05, 4.69) is 25.8 Å². The fraction of sp³-hybridized carbons (Fsp3) is 0.227. The molecule has 0 unspecified atom stereocenters. The van der Waals surface area contributed by atoms with Crippen LogP contribution in [-0.2, 0) is 23.2 Å². The molecule has 0 fully saturated rings.